The molecule has 4 rings (SSSR count). The van der Waals surface area contributed by atoms with Crippen LogP contribution in [0.15, 0.2) is 36.4 Å². The summed E-state index contributed by atoms with van der Waals surface area (Å²) in [5, 5.41) is 1.61. The van der Waals surface area contributed by atoms with Gasteiger partial charge in [0.25, 0.3) is 11.8 Å². The average molecular weight is 422 g/mol. The van der Waals surface area contributed by atoms with Crippen molar-refractivity contribution in [1.29, 1.82) is 0 Å². The zero-order chi connectivity index (χ0) is 22.1. The third kappa shape index (κ3) is 4.23. The van der Waals surface area contributed by atoms with Gasteiger partial charge < -0.3 is 4.74 Å². The van der Waals surface area contributed by atoms with E-state index in [2.05, 4.69) is 20.8 Å². The summed E-state index contributed by atoms with van der Waals surface area (Å²) in [4.78, 5) is 39.7. The minimum atomic E-state index is -0.288. The van der Waals surface area contributed by atoms with Crippen molar-refractivity contribution >= 4 is 28.6 Å². The Balaban J connectivity index is 1.38. The second kappa shape index (κ2) is 8.81. The van der Waals surface area contributed by atoms with Crippen LogP contribution in [0.5, 0.6) is 0 Å². The van der Waals surface area contributed by atoms with Crippen LogP contribution in [0.3, 0.4) is 0 Å². The summed E-state index contributed by atoms with van der Waals surface area (Å²) in [7, 11) is 0. The Bertz CT molecular complexity index is 961. The van der Waals surface area contributed by atoms with Crippen LogP contribution in [-0.4, -0.2) is 35.3 Å². The molecule has 0 spiro atoms. The number of benzene rings is 2. The van der Waals surface area contributed by atoms with Crippen molar-refractivity contribution in [3.05, 3.63) is 47.5 Å². The summed E-state index contributed by atoms with van der Waals surface area (Å²) < 4.78 is 5.85. The molecule has 1 heterocycles. The fourth-order valence-corrected chi connectivity index (χ4v) is 5.14. The molecule has 0 saturated heterocycles. The van der Waals surface area contributed by atoms with Crippen LogP contribution in [0.2, 0.25) is 0 Å². The summed E-state index contributed by atoms with van der Waals surface area (Å²) in [6.45, 7) is 6.80. The van der Waals surface area contributed by atoms with Crippen molar-refractivity contribution in [2.24, 2.45) is 17.8 Å². The maximum atomic E-state index is 12.9. The van der Waals surface area contributed by atoms with Crippen LogP contribution in [0.1, 0.15) is 73.6 Å². The molecule has 0 radical (unpaired) electrons. The van der Waals surface area contributed by atoms with Crippen molar-refractivity contribution in [2.75, 3.05) is 6.54 Å². The molecule has 1 aliphatic heterocycles. The van der Waals surface area contributed by atoms with Gasteiger partial charge in [-0.3, -0.25) is 19.3 Å². The van der Waals surface area contributed by atoms with E-state index >= 15 is 0 Å². The molecule has 164 valence electrons. The maximum Gasteiger partial charge on any atom is 0.306 e. The van der Waals surface area contributed by atoms with Crippen molar-refractivity contribution in [3.8, 4) is 0 Å². The molecule has 2 aromatic rings. The van der Waals surface area contributed by atoms with Gasteiger partial charge in [0, 0.05) is 29.5 Å². The molecule has 0 bridgehead atoms. The first-order valence-electron chi connectivity index (χ1n) is 11.4. The van der Waals surface area contributed by atoms with E-state index in [1.165, 1.54) is 11.3 Å². The molecule has 5 heteroatoms. The fourth-order valence-electron chi connectivity index (χ4n) is 5.14. The molecule has 1 saturated carbocycles. The molecular formula is C26H31NO4. The molecule has 3 atom stereocenters. The lowest BCUT2D eigenvalue weighted by Gasteiger charge is -2.36. The van der Waals surface area contributed by atoms with E-state index in [0.29, 0.717) is 35.3 Å². The van der Waals surface area contributed by atoms with Crippen LogP contribution >= 0.6 is 0 Å². The first-order chi connectivity index (χ1) is 14.9. The molecule has 1 fully saturated rings. The Hall–Kier alpha value is -2.69. The highest BCUT2D eigenvalue weighted by molar-refractivity contribution is 6.25. The number of hydrogen-bond acceptors (Lipinski definition) is 4. The third-order valence-corrected chi connectivity index (χ3v) is 6.86. The van der Waals surface area contributed by atoms with Crippen molar-refractivity contribution in [2.45, 2.75) is 59.0 Å². The third-order valence-electron chi connectivity index (χ3n) is 6.86. The van der Waals surface area contributed by atoms with Gasteiger partial charge in [-0.1, -0.05) is 51.5 Å². The van der Waals surface area contributed by atoms with Gasteiger partial charge in [-0.2, -0.15) is 0 Å². The monoisotopic (exact) mass is 421 g/mol. The predicted molar refractivity (Wildman–Crippen MR) is 120 cm³/mol. The van der Waals surface area contributed by atoms with E-state index in [1.807, 2.05) is 24.3 Å². The van der Waals surface area contributed by atoms with Gasteiger partial charge in [-0.15, -0.1) is 0 Å². The SMILES string of the molecule is CC(C)[C@H]1CC[C@@H](C)C[C@H]1OC(=O)CCCN1C(=O)c2cccc3cccc(c23)C1=O. The van der Waals surface area contributed by atoms with Crippen molar-refractivity contribution in [1.82, 2.24) is 4.90 Å². The summed E-state index contributed by atoms with van der Waals surface area (Å²) in [5.41, 5.74) is 1.09. The van der Waals surface area contributed by atoms with Gasteiger partial charge >= 0.3 is 5.97 Å². The zero-order valence-electron chi connectivity index (χ0n) is 18.6. The molecule has 2 aliphatic rings. The first-order valence-corrected chi connectivity index (χ1v) is 11.4. The second-order valence-corrected chi connectivity index (χ2v) is 9.43. The van der Waals surface area contributed by atoms with Gasteiger partial charge in [0.05, 0.1) is 0 Å². The largest absolute Gasteiger partial charge is 0.462 e. The lowest BCUT2D eigenvalue weighted by molar-refractivity contribution is -0.156. The lowest BCUT2D eigenvalue weighted by Crippen LogP contribution is -2.41. The Kier molecular flexibility index (Phi) is 6.12. The normalized spacial score (nSPS) is 23.5. The van der Waals surface area contributed by atoms with Gasteiger partial charge in [-0.05, 0) is 54.5 Å². The average Bonchev–Trinajstić information content (AvgIpc) is 2.74. The minimum absolute atomic E-state index is 0.0287. The molecule has 0 N–H and O–H groups in total. The van der Waals surface area contributed by atoms with Gasteiger partial charge in [0.1, 0.15) is 6.10 Å². The minimum Gasteiger partial charge on any atom is -0.462 e. The molecule has 0 aromatic heterocycles. The number of hydrogen-bond donors (Lipinski definition) is 0. The van der Waals surface area contributed by atoms with E-state index in [4.69, 9.17) is 4.74 Å². The Labute approximate surface area is 183 Å². The molecule has 1 aliphatic carbocycles. The molecule has 31 heavy (non-hydrogen) atoms. The zero-order valence-corrected chi connectivity index (χ0v) is 18.6. The van der Waals surface area contributed by atoms with Crippen LogP contribution in [0.25, 0.3) is 10.8 Å². The summed E-state index contributed by atoms with van der Waals surface area (Å²) in [5.74, 6) is 0.648. The predicted octanol–water partition coefficient (Wildman–Crippen LogP) is 5.22. The van der Waals surface area contributed by atoms with Crippen LogP contribution in [0, 0.1) is 17.8 Å². The number of amides is 2. The summed E-state index contributed by atoms with van der Waals surface area (Å²) in [6, 6.07) is 11.0. The lowest BCUT2D eigenvalue weighted by atomic mass is 9.75. The second-order valence-electron chi connectivity index (χ2n) is 9.43. The van der Waals surface area contributed by atoms with Gasteiger partial charge in [0.15, 0.2) is 0 Å². The smallest absolute Gasteiger partial charge is 0.306 e. The number of imide groups is 1. The number of esters is 1. The molecule has 0 unspecified atom stereocenters. The fraction of sp³-hybridized carbons (Fsp3) is 0.500. The van der Waals surface area contributed by atoms with Crippen LogP contribution in [0.4, 0.5) is 0 Å². The number of nitrogens with zero attached hydrogens (tertiary/aromatic N) is 1. The van der Waals surface area contributed by atoms with E-state index in [1.54, 1.807) is 12.1 Å². The highest BCUT2D eigenvalue weighted by atomic mass is 16.5. The quantitative estimate of drug-likeness (QED) is 0.474. The highest BCUT2D eigenvalue weighted by Gasteiger charge is 2.34. The number of carbonyl (C=O) groups excluding carboxylic acids is 3. The molecular weight excluding hydrogens is 390 g/mol. The maximum absolute atomic E-state index is 12.9. The van der Waals surface area contributed by atoms with Crippen LogP contribution < -0.4 is 0 Å². The van der Waals surface area contributed by atoms with E-state index in [-0.39, 0.29) is 36.9 Å². The summed E-state index contributed by atoms with van der Waals surface area (Å²) in [6.07, 6.45) is 3.78. The van der Waals surface area contributed by atoms with E-state index in [0.717, 1.165) is 23.6 Å². The summed E-state index contributed by atoms with van der Waals surface area (Å²) >= 11 is 0. The highest BCUT2D eigenvalue weighted by Crippen LogP contribution is 2.35. The molecule has 5 nitrogen and oxygen atoms in total. The topological polar surface area (TPSA) is 63.7 Å². The standard InChI is InChI=1S/C26H31NO4/c1-16(2)19-13-12-17(3)15-22(19)31-23(28)11-6-14-27-25(29)20-9-4-7-18-8-5-10-21(24(18)20)26(27)30/h4-5,7-10,16-17,19,22H,6,11-15H2,1-3H3/t17-,19-,22-/m1/s1. The number of carbonyl (C=O) groups is 3. The van der Waals surface area contributed by atoms with E-state index < -0.39 is 0 Å². The molecule has 2 amide bonds. The number of rotatable bonds is 6. The molecule has 2 aromatic carbocycles. The Morgan fingerprint density at radius 1 is 1.06 bits per heavy atom. The van der Waals surface area contributed by atoms with E-state index in [9.17, 15) is 14.4 Å². The van der Waals surface area contributed by atoms with Gasteiger partial charge in [-0.25, -0.2) is 0 Å². The van der Waals surface area contributed by atoms with Crippen LogP contribution in [-0.2, 0) is 9.53 Å². The van der Waals surface area contributed by atoms with Gasteiger partial charge in [0.2, 0.25) is 0 Å². The van der Waals surface area contributed by atoms with Crippen molar-refractivity contribution < 1.29 is 19.1 Å². The van der Waals surface area contributed by atoms with Crippen molar-refractivity contribution in [3.63, 3.8) is 0 Å². The number of ether oxygens (including phenoxy) is 1. The Morgan fingerprint density at radius 3 is 2.32 bits per heavy atom. The first kappa shape index (κ1) is 21.5. The Morgan fingerprint density at radius 2 is 1.71 bits per heavy atom.